The molecule has 0 atom stereocenters. The Morgan fingerprint density at radius 3 is 2.63 bits per heavy atom. The van der Waals surface area contributed by atoms with Crippen molar-refractivity contribution in [3.05, 3.63) is 59.4 Å². The van der Waals surface area contributed by atoms with Gasteiger partial charge in [-0.3, -0.25) is 9.78 Å². The minimum Gasteiger partial charge on any atom is -0.322 e. The van der Waals surface area contributed by atoms with Crippen molar-refractivity contribution in [1.82, 2.24) is 4.98 Å². The van der Waals surface area contributed by atoms with Crippen LogP contribution in [0.1, 0.15) is 41.3 Å². The number of para-hydroxylation sites is 1. The standard InChI is InChI=1S/C16H18N2O/c1-11(2)13-6-4-5-7-15(13)18-16(19)14-8-9-17-10-12(14)3/h4-11H,1-3H3,(H,18,19). The number of benzene rings is 1. The Labute approximate surface area is 113 Å². The molecule has 0 aliphatic rings. The molecule has 1 amide bonds. The fraction of sp³-hybridized carbons (Fsp3) is 0.250. The summed E-state index contributed by atoms with van der Waals surface area (Å²) in [5, 5.41) is 2.98. The van der Waals surface area contributed by atoms with E-state index in [0.29, 0.717) is 11.5 Å². The van der Waals surface area contributed by atoms with Crippen LogP contribution in [0.4, 0.5) is 5.69 Å². The lowest BCUT2D eigenvalue weighted by Gasteiger charge is -2.14. The van der Waals surface area contributed by atoms with Gasteiger partial charge in [0, 0.05) is 23.6 Å². The van der Waals surface area contributed by atoms with Gasteiger partial charge in [0.25, 0.3) is 5.91 Å². The van der Waals surface area contributed by atoms with E-state index in [4.69, 9.17) is 0 Å². The molecule has 2 rings (SSSR count). The summed E-state index contributed by atoms with van der Waals surface area (Å²) in [4.78, 5) is 16.3. The van der Waals surface area contributed by atoms with Crippen LogP contribution in [0.5, 0.6) is 0 Å². The van der Waals surface area contributed by atoms with Gasteiger partial charge in [0.1, 0.15) is 0 Å². The molecule has 1 N–H and O–H groups in total. The number of pyridine rings is 1. The van der Waals surface area contributed by atoms with Crippen molar-refractivity contribution in [2.45, 2.75) is 26.7 Å². The lowest BCUT2D eigenvalue weighted by Crippen LogP contribution is -2.15. The summed E-state index contributed by atoms with van der Waals surface area (Å²) in [6.07, 6.45) is 3.33. The lowest BCUT2D eigenvalue weighted by atomic mass is 10.0. The average Bonchev–Trinajstić information content (AvgIpc) is 2.39. The van der Waals surface area contributed by atoms with Crippen molar-refractivity contribution in [1.29, 1.82) is 0 Å². The lowest BCUT2D eigenvalue weighted by molar-refractivity contribution is 0.102. The fourth-order valence-electron chi connectivity index (χ4n) is 2.03. The predicted molar refractivity (Wildman–Crippen MR) is 77.5 cm³/mol. The second kappa shape index (κ2) is 5.65. The number of anilines is 1. The SMILES string of the molecule is Cc1cnccc1C(=O)Nc1ccccc1C(C)C. The van der Waals surface area contributed by atoms with Gasteiger partial charge in [0.05, 0.1) is 0 Å². The molecule has 0 fully saturated rings. The van der Waals surface area contributed by atoms with Crippen molar-refractivity contribution >= 4 is 11.6 Å². The van der Waals surface area contributed by atoms with Gasteiger partial charge >= 0.3 is 0 Å². The number of aromatic nitrogens is 1. The number of carbonyl (C=O) groups excluding carboxylic acids is 1. The zero-order chi connectivity index (χ0) is 13.8. The molecular weight excluding hydrogens is 236 g/mol. The molecule has 1 aromatic carbocycles. The van der Waals surface area contributed by atoms with Crippen molar-refractivity contribution in [2.75, 3.05) is 5.32 Å². The van der Waals surface area contributed by atoms with E-state index in [1.54, 1.807) is 18.5 Å². The highest BCUT2D eigenvalue weighted by Gasteiger charge is 2.12. The maximum Gasteiger partial charge on any atom is 0.256 e. The summed E-state index contributed by atoms with van der Waals surface area (Å²) in [6, 6.07) is 9.63. The van der Waals surface area contributed by atoms with E-state index in [2.05, 4.69) is 24.1 Å². The maximum atomic E-state index is 12.3. The van der Waals surface area contributed by atoms with Gasteiger partial charge in [-0.15, -0.1) is 0 Å². The van der Waals surface area contributed by atoms with E-state index >= 15 is 0 Å². The highest BCUT2D eigenvalue weighted by molar-refractivity contribution is 6.05. The minimum absolute atomic E-state index is 0.0898. The molecule has 3 heteroatoms. The van der Waals surface area contributed by atoms with Crippen LogP contribution in [0.3, 0.4) is 0 Å². The zero-order valence-electron chi connectivity index (χ0n) is 11.5. The number of rotatable bonds is 3. The van der Waals surface area contributed by atoms with E-state index < -0.39 is 0 Å². The van der Waals surface area contributed by atoms with E-state index in [9.17, 15) is 4.79 Å². The molecule has 0 aliphatic carbocycles. The predicted octanol–water partition coefficient (Wildman–Crippen LogP) is 3.77. The summed E-state index contributed by atoms with van der Waals surface area (Å²) >= 11 is 0. The van der Waals surface area contributed by atoms with Crippen LogP contribution in [0.25, 0.3) is 0 Å². The second-order valence-corrected chi connectivity index (χ2v) is 4.89. The second-order valence-electron chi connectivity index (χ2n) is 4.89. The van der Waals surface area contributed by atoms with E-state index in [1.165, 1.54) is 0 Å². The molecule has 2 aromatic rings. The van der Waals surface area contributed by atoms with Gasteiger partial charge < -0.3 is 5.32 Å². The quantitative estimate of drug-likeness (QED) is 0.906. The molecular formula is C16H18N2O. The van der Waals surface area contributed by atoms with Gasteiger partial charge in [0.2, 0.25) is 0 Å². The molecule has 1 heterocycles. The Bertz CT molecular complexity index is 591. The Hall–Kier alpha value is -2.16. The number of carbonyl (C=O) groups is 1. The van der Waals surface area contributed by atoms with Crippen LogP contribution in [-0.2, 0) is 0 Å². The monoisotopic (exact) mass is 254 g/mol. The third kappa shape index (κ3) is 2.99. The first kappa shape index (κ1) is 13.3. The van der Waals surface area contributed by atoms with Crippen LogP contribution >= 0.6 is 0 Å². The van der Waals surface area contributed by atoms with Crippen LogP contribution in [0, 0.1) is 6.92 Å². The normalized spacial score (nSPS) is 10.5. The summed E-state index contributed by atoms with van der Waals surface area (Å²) in [6.45, 7) is 6.11. The number of hydrogen-bond donors (Lipinski definition) is 1. The third-order valence-electron chi connectivity index (χ3n) is 3.10. The molecule has 19 heavy (non-hydrogen) atoms. The number of nitrogens with zero attached hydrogens (tertiary/aromatic N) is 1. The summed E-state index contributed by atoms with van der Waals surface area (Å²) < 4.78 is 0. The first-order valence-corrected chi connectivity index (χ1v) is 6.40. The Balaban J connectivity index is 2.27. The molecule has 0 spiro atoms. The average molecular weight is 254 g/mol. The molecule has 0 unspecified atom stereocenters. The molecule has 3 nitrogen and oxygen atoms in total. The summed E-state index contributed by atoms with van der Waals surface area (Å²) in [7, 11) is 0. The van der Waals surface area contributed by atoms with Crippen molar-refractivity contribution < 1.29 is 4.79 Å². The van der Waals surface area contributed by atoms with Crippen LogP contribution in [0.2, 0.25) is 0 Å². The first-order valence-electron chi connectivity index (χ1n) is 6.40. The van der Waals surface area contributed by atoms with Crippen LogP contribution in [0.15, 0.2) is 42.7 Å². The minimum atomic E-state index is -0.0898. The van der Waals surface area contributed by atoms with Gasteiger partial charge in [-0.1, -0.05) is 32.0 Å². The smallest absolute Gasteiger partial charge is 0.256 e. The third-order valence-corrected chi connectivity index (χ3v) is 3.10. The van der Waals surface area contributed by atoms with E-state index in [0.717, 1.165) is 16.8 Å². The Kier molecular flexibility index (Phi) is 3.95. The molecule has 0 aliphatic heterocycles. The van der Waals surface area contributed by atoms with Gasteiger partial charge in [-0.05, 0) is 36.1 Å². The number of nitrogens with one attached hydrogen (secondary N) is 1. The molecule has 1 aromatic heterocycles. The zero-order valence-corrected chi connectivity index (χ0v) is 11.5. The molecule has 0 saturated carbocycles. The summed E-state index contributed by atoms with van der Waals surface area (Å²) in [5.41, 5.74) is 3.55. The number of amides is 1. The maximum absolute atomic E-state index is 12.3. The largest absolute Gasteiger partial charge is 0.322 e. The van der Waals surface area contributed by atoms with E-state index in [1.807, 2.05) is 31.2 Å². The molecule has 0 bridgehead atoms. The Morgan fingerprint density at radius 1 is 1.21 bits per heavy atom. The molecule has 0 saturated heterocycles. The number of aryl methyl sites for hydroxylation is 1. The van der Waals surface area contributed by atoms with Gasteiger partial charge in [0.15, 0.2) is 0 Å². The van der Waals surface area contributed by atoms with Crippen molar-refractivity contribution in [3.8, 4) is 0 Å². The van der Waals surface area contributed by atoms with Crippen LogP contribution in [-0.4, -0.2) is 10.9 Å². The molecule has 0 radical (unpaired) electrons. The highest BCUT2D eigenvalue weighted by Crippen LogP contribution is 2.24. The first-order chi connectivity index (χ1) is 9.09. The van der Waals surface area contributed by atoms with Crippen molar-refractivity contribution in [2.24, 2.45) is 0 Å². The summed E-state index contributed by atoms with van der Waals surface area (Å²) in [5.74, 6) is 0.281. The van der Waals surface area contributed by atoms with Gasteiger partial charge in [-0.2, -0.15) is 0 Å². The molecule has 98 valence electrons. The van der Waals surface area contributed by atoms with Gasteiger partial charge in [-0.25, -0.2) is 0 Å². The fourth-order valence-corrected chi connectivity index (χ4v) is 2.03. The Morgan fingerprint density at radius 2 is 1.95 bits per heavy atom. The number of hydrogen-bond acceptors (Lipinski definition) is 2. The topological polar surface area (TPSA) is 42.0 Å². The highest BCUT2D eigenvalue weighted by atomic mass is 16.1. The van der Waals surface area contributed by atoms with E-state index in [-0.39, 0.29) is 5.91 Å². The van der Waals surface area contributed by atoms with Crippen LogP contribution < -0.4 is 5.32 Å². The van der Waals surface area contributed by atoms with Crippen molar-refractivity contribution in [3.63, 3.8) is 0 Å².